The summed E-state index contributed by atoms with van der Waals surface area (Å²) >= 11 is 6.43. The molecule has 1 aliphatic rings. The van der Waals surface area contributed by atoms with E-state index in [1.165, 1.54) is 12.3 Å². The van der Waals surface area contributed by atoms with Gasteiger partial charge in [-0.15, -0.1) is 0 Å². The number of halogens is 1. The maximum atomic E-state index is 11.7. The summed E-state index contributed by atoms with van der Waals surface area (Å²) in [5.41, 5.74) is 5.46. The Morgan fingerprint density at radius 1 is 1.08 bits per heavy atom. The van der Waals surface area contributed by atoms with Crippen molar-refractivity contribution in [2.24, 2.45) is 0 Å². The first-order chi connectivity index (χ1) is 19.0. The molecule has 4 aromatic rings. The molecule has 39 heavy (non-hydrogen) atoms. The Morgan fingerprint density at radius 3 is 2.72 bits per heavy atom. The fourth-order valence-corrected chi connectivity index (χ4v) is 4.66. The lowest BCUT2D eigenvalue weighted by Crippen LogP contribution is -2.23. The summed E-state index contributed by atoms with van der Waals surface area (Å²) in [5.74, 6) is 2.22. The van der Waals surface area contributed by atoms with Crippen LogP contribution in [0, 0.1) is 25.2 Å². The Labute approximate surface area is 231 Å². The highest BCUT2D eigenvalue weighted by Crippen LogP contribution is 2.40. The molecule has 8 heteroatoms. The monoisotopic (exact) mass is 540 g/mol. The molecule has 0 fully saturated rings. The number of nitriles is 1. The molecule has 1 unspecified atom stereocenters. The molecule has 0 N–H and O–H groups in total. The van der Waals surface area contributed by atoms with Crippen LogP contribution in [-0.2, 0) is 13.2 Å². The third-order valence-electron chi connectivity index (χ3n) is 6.55. The summed E-state index contributed by atoms with van der Waals surface area (Å²) in [6, 6.07) is 18.7. The molecule has 1 atom stereocenters. The molecule has 196 valence electrons. The highest BCUT2D eigenvalue weighted by Gasteiger charge is 2.25. The van der Waals surface area contributed by atoms with Crippen LogP contribution in [0.2, 0.25) is 5.02 Å². The first-order valence-corrected chi connectivity index (χ1v) is 12.7. The maximum absolute atomic E-state index is 11.7. The van der Waals surface area contributed by atoms with Crippen LogP contribution < -0.4 is 18.9 Å². The maximum Gasteiger partial charge on any atom is 0.164 e. The second-order valence-electron chi connectivity index (χ2n) is 9.16. The average Bonchev–Trinajstić information content (AvgIpc) is 2.96. The molecule has 0 saturated carbocycles. The molecule has 2 heterocycles. The molecular formula is C31H25ClN2O5. The van der Waals surface area contributed by atoms with E-state index in [2.05, 4.69) is 4.98 Å². The van der Waals surface area contributed by atoms with Gasteiger partial charge in [-0.25, -0.2) is 0 Å². The van der Waals surface area contributed by atoms with Crippen molar-refractivity contribution in [1.29, 1.82) is 5.26 Å². The van der Waals surface area contributed by atoms with Crippen molar-refractivity contribution in [3.8, 4) is 29.1 Å². The summed E-state index contributed by atoms with van der Waals surface area (Å²) in [6.07, 6.45) is 3.50. The molecule has 7 nitrogen and oxygen atoms in total. The molecule has 1 aromatic heterocycles. The lowest BCUT2D eigenvalue weighted by Gasteiger charge is -2.29. The lowest BCUT2D eigenvalue weighted by molar-refractivity contribution is 0.0900. The predicted molar refractivity (Wildman–Crippen MR) is 146 cm³/mol. The minimum atomic E-state index is -0.247. The zero-order valence-electron chi connectivity index (χ0n) is 21.4. The van der Waals surface area contributed by atoms with Crippen molar-refractivity contribution in [3.05, 3.63) is 111 Å². The summed E-state index contributed by atoms with van der Waals surface area (Å²) in [4.78, 5) is 15.7. The van der Waals surface area contributed by atoms with Crippen molar-refractivity contribution in [2.45, 2.75) is 33.2 Å². The number of hydrogen-bond acceptors (Lipinski definition) is 7. The summed E-state index contributed by atoms with van der Waals surface area (Å²) in [5, 5.41) is 9.38. The Morgan fingerprint density at radius 2 is 1.90 bits per heavy atom. The van der Waals surface area contributed by atoms with Gasteiger partial charge in [-0.05, 0) is 54.3 Å². The largest absolute Gasteiger partial charge is 0.488 e. The third kappa shape index (κ3) is 5.66. The summed E-state index contributed by atoms with van der Waals surface area (Å²) in [6.45, 7) is 4.81. The number of fused-ring (bicyclic) bond motifs is 1. The number of aryl methyl sites for hydroxylation is 1. The van der Waals surface area contributed by atoms with Gasteiger partial charge in [0.15, 0.2) is 23.9 Å². The highest BCUT2D eigenvalue weighted by atomic mass is 35.5. The molecule has 0 bridgehead atoms. The van der Waals surface area contributed by atoms with Gasteiger partial charge in [-0.2, -0.15) is 5.26 Å². The summed E-state index contributed by atoms with van der Waals surface area (Å²) < 4.78 is 24.3. The number of pyridine rings is 1. The Balaban J connectivity index is 1.32. The quantitative estimate of drug-likeness (QED) is 0.229. The average molecular weight is 541 g/mol. The SMILES string of the molecule is Cc1cccc2c1OCC(c1cccc(COc3cc(OCc4cncc(C#N)c4)c(C=O)cc3Cl)c1C)O2. The number of rotatable bonds is 8. The van der Waals surface area contributed by atoms with E-state index in [1.807, 2.05) is 56.3 Å². The number of nitrogens with zero attached hydrogens (tertiary/aromatic N) is 2. The first kappa shape index (κ1) is 26.1. The molecule has 0 radical (unpaired) electrons. The Hall–Kier alpha value is -4.54. The third-order valence-corrected chi connectivity index (χ3v) is 6.85. The number of carbonyl (C=O) groups is 1. The van der Waals surface area contributed by atoms with Gasteiger partial charge < -0.3 is 18.9 Å². The fourth-order valence-electron chi connectivity index (χ4n) is 4.43. The van der Waals surface area contributed by atoms with Crippen LogP contribution in [0.3, 0.4) is 0 Å². The minimum absolute atomic E-state index is 0.123. The number of para-hydroxylation sites is 1. The number of hydrogen-bond donors (Lipinski definition) is 0. The van der Waals surface area contributed by atoms with Gasteiger partial charge in [0.05, 0.1) is 16.1 Å². The van der Waals surface area contributed by atoms with E-state index in [-0.39, 0.29) is 19.3 Å². The number of aldehydes is 1. The van der Waals surface area contributed by atoms with Crippen molar-refractivity contribution < 1.29 is 23.7 Å². The Kier molecular flexibility index (Phi) is 7.67. The van der Waals surface area contributed by atoms with Gasteiger partial charge in [0, 0.05) is 24.0 Å². The lowest BCUT2D eigenvalue weighted by atomic mass is 9.98. The second kappa shape index (κ2) is 11.5. The van der Waals surface area contributed by atoms with Crippen LogP contribution in [0.5, 0.6) is 23.0 Å². The van der Waals surface area contributed by atoms with Crippen molar-refractivity contribution >= 4 is 17.9 Å². The Bertz CT molecular complexity index is 1580. The zero-order chi connectivity index (χ0) is 27.4. The molecule has 0 amide bonds. The standard InChI is InChI=1S/C31H25ClN2O5/c1-19-5-3-8-27-31(19)38-18-30(39-27)25-7-4-6-23(20(25)2)17-37-29-11-28(24(15-35)10-26(29)32)36-16-22-9-21(12-33)13-34-14-22/h3-11,13-15,30H,16-18H2,1-2H3. The number of aromatic nitrogens is 1. The molecule has 3 aromatic carbocycles. The van der Waals surface area contributed by atoms with E-state index in [4.69, 9.17) is 35.8 Å². The highest BCUT2D eigenvalue weighted by molar-refractivity contribution is 6.32. The first-order valence-electron chi connectivity index (χ1n) is 12.3. The fraction of sp³-hybridized carbons (Fsp3) is 0.194. The van der Waals surface area contributed by atoms with E-state index >= 15 is 0 Å². The normalized spacial score (nSPS) is 13.8. The van der Waals surface area contributed by atoms with Crippen LogP contribution >= 0.6 is 11.6 Å². The van der Waals surface area contributed by atoms with E-state index in [0.29, 0.717) is 46.1 Å². The van der Waals surface area contributed by atoms with Crippen LogP contribution in [0.25, 0.3) is 0 Å². The number of ether oxygens (including phenoxy) is 4. The van der Waals surface area contributed by atoms with Crippen LogP contribution in [-0.4, -0.2) is 17.9 Å². The van der Waals surface area contributed by atoms with Crippen LogP contribution in [0.15, 0.2) is 67.0 Å². The topological polar surface area (TPSA) is 90.7 Å². The predicted octanol–water partition coefficient (Wildman–Crippen LogP) is 6.71. The van der Waals surface area contributed by atoms with E-state index in [9.17, 15) is 4.79 Å². The van der Waals surface area contributed by atoms with Crippen molar-refractivity contribution in [2.75, 3.05) is 6.61 Å². The molecule has 1 aliphatic heterocycles. The van der Waals surface area contributed by atoms with Gasteiger partial charge in [0.2, 0.25) is 0 Å². The van der Waals surface area contributed by atoms with Crippen molar-refractivity contribution in [1.82, 2.24) is 4.98 Å². The summed E-state index contributed by atoms with van der Waals surface area (Å²) in [7, 11) is 0. The van der Waals surface area contributed by atoms with Gasteiger partial charge in [0.1, 0.15) is 37.4 Å². The molecule has 0 spiro atoms. The molecule has 0 aliphatic carbocycles. The van der Waals surface area contributed by atoms with Gasteiger partial charge in [0.25, 0.3) is 0 Å². The second-order valence-corrected chi connectivity index (χ2v) is 9.57. The van der Waals surface area contributed by atoms with Gasteiger partial charge in [-0.3, -0.25) is 9.78 Å². The van der Waals surface area contributed by atoms with Crippen molar-refractivity contribution in [3.63, 3.8) is 0 Å². The van der Waals surface area contributed by atoms with Crippen LogP contribution in [0.4, 0.5) is 0 Å². The number of benzene rings is 3. The smallest absolute Gasteiger partial charge is 0.164 e. The van der Waals surface area contributed by atoms with Gasteiger partial charge in [-0.1, -0.05) is 41.9 Å². The van der Waals surface area contributed by atoms with Crippen LogP contribution in [0.1, 0.15) is 49.8 Å². The molecular weight excluding hydrogens is 516 g/mol. The van der Waals surface area contributed by atoms with E-state index < -0.39 is 0 Å². The molecule has 0 saturated heterocycles. The number of carbonyl (C=O) groups excluding carboxylic acids is 1. The van der Waals surface area contributed by atoms with Gasteiger partial charge >= 0.3 is 0 Å². The zero-order valence-corrected chi connectivity index (χ0v) is 22.2. The minimum Gasteiger partial charge on any atom is -0.488 e. The van der Waals surface area contributed by atoms with E-state index in [0.717, 1.165) is 33.8 Å². The molecule has 5 rings (SSSR count). The van der Waals surface area contributed by atoms with E-state index in [1.54, 1.807) is 18.3 Å².